The number of nitrogens with one attached hydrogen (secondary N) is 1. The molecule has 1 N–H and O–H groups in total. The maximum absolute atomic E-state index is 11.8. The predicted octanol–water partition coefficient (Wildman–Crippen LogP) is 3.39. The van der Waals surface area contributed by atoms with Gasteiger partial charge in [0, 0.05) is 6.08 Å². The Morgan fingerprint density at radius 3 is 2.76 bits per heavy atom. The van der Waals surface area contributed by atoms with Crippen molar-refractivity contribution in [2.75, 3.05) is 14.2 Å². The van der Waals surface area contributed by atoms with Crippen LogP contribution in [0.15, 0.2) is 37.8 Å². The van der Waals surface area contributed by atoms with Crippen LogP contribution in [0.5, 0.6) is 11.5 Å². The summed E-state index contributed by atoms with van der Waals surface area (Å²) in [6, 6.07) is 3.67. The third kappa shape index (κ3) is 5.60. The number of hydrogen-bond donors (Lipinski definition) is 1. The van der Waals surface area contributed by atoms with E-state index in [0.29, 0.717) is 11.5 Å². The van der Waals surface area contributed by atoms with Crippen LogP contribution in [-0.4, -0.2) is 43.6 Å². The Morgan fingerprint density at radius 1 is 1.31 bits per heavy atom. The molecular formula is C19H20BrN3O5S. The summed E-state index contributed by atoms with van der Waals surface area (Å²) >= 11 is 4.55. The summed E-state index contributed by atoms with van der Waals surface area (Å²) in [7, 11) is 2.83. The lowest BCUT2D eigenvalue weighted by Crippen LogP contribution is -2.19. The van der Waals surface area contributed by atoms with E-state index in [1.165, 1.54) is 26.2 Å². The van der Waals surface area contributed by atoms with Crippen molar-refractivity contribution < 1.29 is 23.8 Å². The van der Waals surface area contributed by atoms with E-state index in [4.69, 9.17) is 9.47 Å². The molecule has 1 heterocycles. The Labute approximate surface area is 180 Å². The second kappa shape index (κ2) is 9.93. The SMILES string of the molecule is COC(=O)/C=C1/S/C(=N\N=Cc2cc(Br)c(OC3CCCC3)c(OC)c2)NC1=O. The molecule has 1 aromatic carbocycles. The van der Waals surface area contributed by atoms with E-state index in [1.807, 2.05) is 12.1 Å². The standard InChI is InChI=1S/C19H20BrN3O5S/c1-26-14-8-11(7-13(20)17(14)28-12-5-3-4-6-12)10-21-23-19-22-18(25)15(29-19)9-16(24)27-2/h7-10,12H,3-6H2,1-2H3,(H,22,23,25)/b15-9+,21-10?. The molecule has 10 heteroatoms. The summed E-state index contributed by atoms with van der Waals surface area (Å²) in [5, 5.41) is 10.8. The highest BCUT2D eigenvalue weighted by molar-refractivity contribution is 9.10. The summed E-state index contributed by atoms with van der Waals surface area (Å²) < 4.78 is 16.8. The molecule has 0 atom stereocenters. The molecule has 2 aliphatic rings. The van der Waals surface area contributed by atoms with Crippen LogP contribution in [0.4, 0.5) is 0 Å². The van der Waals surface area contributed by atoms with E-state index in [-0.39, 0.29) is 16.2 Å². The fourth-order valence-corrected chi connectivity index (χ4v) is 4.18. The van der Waals surface area contributed by atoms with Gasteiger partial charge in [0.05, 0.1) is 35.9 Å². The molecular weight excluding hydrogens is 462 g/mol. The maximum atomic E-state index is 11.8. The Bertz CT molecular complexity index is 894. The topological polar surface area (TPSA) is 98.6 Å². The van der Waals surface area contributed by atoms with Gasteiger partial charge in [-0.25, -0.2) is 4.79 Å². The number of amidine groups is 1. The number of nitrogens with zero attached hydrogens (tertiary/aromatic N) is 2. The van der Waals surface area contributed by atoms with Crippen LogP contribution in [0.1, 0.15) is 31.2 Å². The molecule has 29 heavy (non-hydrogen) atoms. The summed E-state index contributed by atoms with van der Waals surface area (Å²) in [6.45, 7) is 0. The van der Waals surface area contributed by atoms with Crippen LogP contribution in [0.2, 0.25) is 0 Å². The number of rotatable bonds is 6. The van der Waals surface area contributed by atoms with Gasteiger partial charge in [0.15, 0.2) is 16.7 Å². The fourth-order valence-electron chi connectivity index (χ4n) is 2.89. The molecule has 1 amide bonds. The number of thioether (sulfide) groups is 1. The Hall–Kier alpha value is -2.33. The highest BCUT2D eigenvalue weighted by Crippen LogP contribution is 2.38. The number of methoxy groups -OCH3 is 2. The van der Waals surface area contributed by atoms with Crippen LogP contribution >= 0.6 is 27.7 Å². The molecule has 3 rings (SSSR count). The third-order valence-electron chi connectivity index (χ3n) is 4.29. The first-order valence-electron chi connectivity index (χ1n) is 8.94. The third-order valence-corrected chi connectivity index (χ3v) is 5.78. The number of esters is 1. The van der Waals surface area contributed by atoms with Crippen LogP contribution in [-0.2, 0) is 14.3 Å². The highest BCUT2D eigenvalue weighted by Gasteiger charge is 2.25. The van der Waals surface area contributed by atoms with Crippen molar-refractivity contribution in [1.82, 2.24) is 5.32 Å². The number of halogens is 1. The van der Waals surface area contributed by atoms with Crippen molar-refractivity contribution in [3.63, 3.8) is 0 Å². The number of carbonyl (C=O) groups excluding carboxylic acids is 2. The number of ether oxygens (including phenoxy) is 3. The van der Waals surface area contributed by atoms with E-state index in [1.54, 1.807) is 7.11 Å². The van der Waals surface area contributed by atoms with Crippen molar-refractivity contribution in [2.24, 2.45) is 10.2 Å². The fraction of sp³-hybridized carbons (Fsp3) is 0.368. The molecule has 0 bridgehead atoms. The highest BCUT2D eigenvalue weighted by atomic mass is 79.9. The van der Waals surface area contributed by atoms with Gasteiger partial charge in [0.2, 0.25) is 0 Å². The van der Waals surface area contributed by atoms with Crippen molar-refractivity contribution in [2.45, 2.75) is 31.8 Å². The molecule has 0 radical (unpaired) electrons. The zero-order valence-corrected chi connectivity index (χ0v) is 18.3. The maximum Gasteiger partial charge on any atom is 0.331 e. The van der Waals surface area contributed by atoms with Crippen LogP contribution < -0.4 is 14.8 Å². The van der Waals surface area contributed by atoms with Gasteiger partial charge in [0.25, 0.3) is 5.91 Å². The van der Waals surface area contributed by atoms with Gasteiger partial charge >= 0.3 is 5.97 Å². The molecule has 1 aliphatic heterocycles. The van der Waals surface area contributed by atoms with Gasteiger partial charge in [-0.05, 0) is 71.1 Å². The molecule has 1 aliphatic carbocycles. The first-order chi connectivity index (χ1) is 14.0. The molecule has 1 aromatic rings. The Balaban J connectivity index is 1.71. The molecule has 154 valence electrons. The van der Waals surface area contributed by atoms with Crippen LogP contribution in [0.3, 0.4) is 0 Å². The van der Waals surface area contributed by atoms with Crippen molar-refractivity contribution in [3.8, 4) is 11.5 Å². The molecule has 8 nitrogen and oxygen atoms in total. The number of carbonyl (C=O) groups is 2. The van der Waals surface area contributed by atoms with Gasteiger partial charge in [-0.3, -0.25) is 10.1 Å². The zero-order valence-electron chi connectivity index (χ0n) is 15.9. The van der Waals surface area contributed by atoms with E-state index in [2.05, 4.69) is 36.2 Å². The van der Waals surface area contributed by atoms with Crippen molar-refractivity contribution in [3.05, 3.63) is 33.2 Å². The van der Waals surface area contributed by atoms with Crippen molar-refractivity contribution in [1.29, 1.82) is 0 Å². The normalized spacial score (nSPS) is 19.9. The number of benzene rings is 1. The lowest BCUT2D eigenvalue weighted by Gasteiger charge is -2.17. The van der Waals surface area contributed by atoms with E-state index in [9.17, 15) is 9.59 Å². The minimum atomic E-state index is -0.607. The smallest absolute Gasteiger partial charge is 0.331 e. The molecule has 0 spiro atoms. The van der Waals surface area contributed by atoms with Gasteiger partial charge in [-0.1, -0.05) is 0 Å². The summed E-state index contributed by atoms with van der Waals surface area (Å²) in [4.78, 5) is 23.3. The largest absolute Gasteiger partial charge is 0.493 e. The summed E-state index contributed by atoms with van der Waals surface area (Å²) in [5.41, 5.74) is 0.747. The lowest BCUT2D eigenvalue weighted by atomic mass is 10.2. The molecule has 0 aromatic heterocycles. The van der Waals surface area contributed by atoms with Gasteiger partial charge in [-0.2, -0.15) is 5.10 Å². The first-order valence-corrected chi connectivity index (χ1v) is 10.5. The predicted molar refractivity (Wildman–Crippen MR) is 114 cm³/mol. The monoisotopic (exact) mass is 481 g/mol. The van der Waals surface area contributed by atoms with Crippen LogP contribution in [0.25, 0.3) is 0 Å². The average molecular weight is 482 g/mol. The number of amides is 1. The van der Waals surface area contributed by atoms with Crippen molar-refractivity contribution >= 4 is 51.0 Å². The minimum Gasteiger partial charge on any atom is -0.493 e. The lowest BCUT2D eigenvalue weighted by molar-refractivity contribution is -0.135. The Kier molecular flexibility index (Phi) is 7.32. The Morgan fingerprint density at radius 2 is 2.07 bits per heavy atom. The average Bonchev–Trinajstić information content (AvgIpc) is 3.33. The quantitative estimate of drug-likeness (QED) is 0.289. The molecule has 1 saturated carbocycles. The second-order valence-electron chi connectivity index (χ2n) is 6.30. The van der Waals surface area contributed by atoms with E-state index >= 15 is 0 Å². The van der Waals surface area contributed by atoms with E-state index < -0.39 is 11.9 Å². The second-order valence-corrected chi connectivity index (χ2v) is 8.18. The molecule has 0 unspecified atom stereocenters. The van der Waals surface area contributed by atoms with Gasteiger partial charge < -0.3 is 14.2 Å². The van der Waals surface area contributed by atoms with Crippen LogP contribution in [0, 0.1) is 0 Å². The summed E-state index contributed by atoms with van der Waals surface area (Å²) in [5.74, 6) is 0.253. The molecule has 2 fully saturated rings. The summed E-state index contributed by atoms with van der Waals surface area (Å²) in [6.07, 6.45) is 7.31. The zero-order chi connectivity index (χ0) is 20.8. The van der Waals surface area contributed by atoms with Gasteiger partial charge in [-0.15, -0.1) is 5.10 Å². The molecule has 1 saturated heterocycles. The van der Waals surface area contributed by atoms with Gasteiger partial charge in [0.1, 0.15) is 0 Å². The first kappa shape index (κ1) is 21.4. The number of hydrogen-bond acceptors (Lipinski definition) is 8. The van der Waals surface area contributed by atoms with E-state index in [0.717, 1.165) is 40.7 Å². The minimum absolute atomic E-state index is 0.198.